The smallest absolute Gasteiger partial charge is 0.263 e. The molecule has 1 saturated carbocycles. The van der Waals surface area contributed by atoms with Gasteiger partial charge in [-0.2, -0.15) is 0 Å². The highest BCUT2D eigenvalue weighted by Gasteiger charge is 2.51. The Morgan fingerprint density at radius 1 is 1.24 bits per heavy atom. The van der Waals surface area contributed by atoms with Crippen LogP contribution in [0.2, 0.25) is 4.47 Å². The first-order chi connectivity index (χ1) is 15.6. The van der Waals surface area contributed by atoms with Gasteiger partial charge in [0.05, 0.1) is 12.2 Å². The Morgan fingerprint density at radius 2 is 1.91 bits per heavy atom. The lowest BCUT2D eigenvalue weighted by Crippen LogP contribution is -2.49. The van der Waals surface area contributed by atoms with Crippen molar-refractivity contribution in [1.29, 1.82) is 0 Å². The van der Waals surface area contributed by atoms with E-state index in [2.05, 4.69) is 15.6 Å². The molecule has 10 heteroatoms. The summed E-state index contributed by atoms with van der Waals surface area (Å²) in [6, 6.07) is 3.98. The minimum atomic E-state index is -1.02. The number of nitrogens with zero attached hydrogens (tertiary/aromatic N) is 2. The third-order valence-electron chi connectivity index (χ3n) is 6.49. The van der Waals surface area contributed by atoms with Gasteiger partial charge in [0.1, 0.15) is 16.2 Å². The van der Waals surface area contributed by atoms with Crippen LogP contribution in [0.4, 0.5) is 4.39 Å². The Hall–Kier alpha value is -2.52. The van der Waals surface area contributed by atoms with Gasteiger partial charge in [-0.05, 0) is 58.6 Å². The van der Waals surface area contributed by atoms with Crippen molar-refractivity contribution in [1.82, 2.24) is 20.5 Å². The fraction of sp³-hybridized carbons (Fsp3) is 0.478. The summed E-state index contributed by atoms with van der Waals surface area (Å²) in [4.78, 5) is 44.1. The van der Waals surface area contributed by atoms with E-state index >= 15 is 0 Å². The van der Waals surface area contributed by atoms with Crippen LogP contribution in [0.15, 0.2) is 24.4 Å². The van der Waals surface area contributed by atoms with Crippen LogP contribution in [-0.2, 0) is 4.79 Å². The number of rotatable bonds is 6. The maximum atomic E-state index is 14.9. The lowest BCUT2D eigenvalue weighted by atomic mass is 10.0. The molecule has 2 aliphatic rings. The Kier molecular flexibility index (Phi) is 6.46. The van der Waals surface area contributed by atoms with Crippen LogP contribution in [0.5, 0.6) is 0 Å². The number of thiazole rings is 1. The number of carbonyl (C=O) groups is 3. The van der Waals surface area contributed by atoms with Crippen molar-refractivity contribution in [3.63, 3.8) is 0 Å². The predicted octanol–water partition coefficient (Wildman–Crippen LogP) is 4.09. The van der Waals surface area contributed by atoms with E-state index in [1.54, 1.807) is 17.9 Å². The topological polar surface area (TPSA) is 91.4 Å². The molecule has 1 aromatic carbocycles. The molecule has 2 heterocycles. The Balaban J connectivity index is 1.42. The van der Waals surface area contributed by atoms with E-state index in [1.165, 1.54) is 18.3 Å². The summed E-state index contributed by atoms with van der Waals surface area (Å²) in [5, 5.41) is 5.54. The van der Waals surface area contributed by atoms with Gasteiger partial charge < -0.3 is 15.5 Å². The Bertz CT molecular complexity index is 1090. The number of benzene rings is 1. The molecule has 0 spiro atoms. The van der Waals surface area contributed by atoms with Gasteiger partial charge in [0.25, 0.3) is 11.8 Å². The van der Waals surface area contributed by atoms with E-state index in [-0.39, 0.29) is 33.9 Å². The molecule has 1 saturated heterocycles. The molecule has 1 aliphatic carbocycles. The van der Waals surface area contributed by atoms with Crippen LogP contribution < -0.4 is 10.6 Å². The third-order valence-corrected chi connectivity index (χ3v) is 7.60. The SMILES string of the molecule is C[C@@H]1CC[C@H](C)N1C(=O)c1ccc([C@@H](C)NC(=O)C2(NC(=O)c3cnc(Cl)s3)CC2)c(F)c1. The first-order valence-corrected chi connectivity index (χ1v) is 12.2. The van der Waals surface area contributed by atoms with E-state index in [4.69, 9.17) is 11.6 Å². The highest BCUT2D eigenvalue weighted by molar-refractivity contribution is 7.17. The summed E-state index contributed by atoms with van der Waals surface area (Å²) in [6.45, 7) is 5.67. The third kappa shape index (κ3) is 4.75. The largest absolute Gasteiger partial charge is 0.347 e. The normalized spacial score (nSPS) is 22.0. The maximum Gasteiger partial charge on any atom is 0.263 e. The van der Waals surface area contributed by atoms with Crippen molar-refractivity contribution in [2.45, 2.75) is 70.1 Å². The molecule has 2 aromatic rings. The van der Waals surface area contributed by atoms with Crippen molar-refractivity contribution in [3.05, 3.63) is 50.7 Å². The van der Waals surface area contributed by atoms with E-state index in [1.807, 2.05) is 13.8 Å². The second-order valence-electron chi connectivity index (χ2n) is 8.93. The second-order valence-corrected chi connectivity index (χ2v) is 10.5. The average Bonchev–Trinajstić information content (AvgIpc) is 3.29. The van der Waals surface area contributed by atoms with Crippen LogP contribution in [0.3, 0.4) is 0 Å². The summed E-state index contributed by atoms with van der Waals surface area (Å²) in [5.41, 5.74) is -0.445. The van der Waals surface area contributed by atoms with Gasteiger partial charge in [0, 0.05) is 23.2 Å². The fourth-order valence-electron chi connectivity index (χ4n) is 4.34. The molecule has 3 amide bonds. The van der Waals surface area contributed by atoms with E-state index in [0.717, 1.165) is 24.2 Å². The molecule has 4 rings (SSSR count). The summed E-state index contributed by atoms with van der Waals surface area (Å²) in [6.07, 6.45) is 4.22. The van der Waals surface area contributed by atoms with E-state index < -0.39 is 23.3 Å². The zero-order chi connectivity index (χ0) is 23.9. The van der Waals surface area contributed by atoms with Gasteiger partial charge in [-0.15, -0.1) is 0 Å². The molecule has 3 atom stereocenters. The molecule has 2 N–H and O–H groups in total. The monoisotopic (exact) mass is 492 g/mol. The lowest BCUT2D eigenvalue weighted by Gasteiger charge is -2.26. The summed E-state index contributed by atoms with van der Waals surface area (Å²) < 4.78 is 15.2. The molecule has 0 radical (unpaired) electrons. The van der Waals surface area contributed by atoms with Crippen LogP contribution in [0.1, 0.15) is 78.1 Å². The molecular formula is C23H26ClFN4O3S. The molecular weight excluding hydrogens is 467 g/mol. The lowest BCUT2D eigenvalue weighted by molar-refractivity contribution is -0.124. The predicted molar refractivity (Wildman–Crippen MR) is 124 cm³/mol. The molecule has 176 valence electrons. The second kappa shape index (κ2) is 9.02. The van der Waals surface area contributed by atoms with Crippen molar-refractivity contribution >= 4 is 40.7 Å². The molecule has 0 unspecified atom stereocenters. The number of hydrogen-bond acceptors (Lipinski definition) is 5. The number of amides is 3. The minimum absolute atomic E-state index is 0.124. The highest BCUT2D eigenvalue weighted by Crippen LogP contribution is 2.37. The Morgan fingerprint density at radius 3 is 2.45 bits per heavy atom. The molecule has 1 aliphatic heterocycles. The van der Waals surface area contributed by atoms with E-state index in [9.17, 15) is 18.8 Å². The van der Waals surface area contributed by atoms with Crippen LogP contribution in [-0.4, -0.2) is 45.2 Å². The quantitative estimate of drug-likeness (QED) is 0.635. The van der Waals surface area contributed by atoms with Gasteiger partial charge in [0.2, 0.25) is 5.91 Å². The van der Waals surface area contributed by atoms with Crippen molar-refractivity contribution in [2.24, 2.45) is 0 Å². The number of carbonyl (C=O) groups excluding carboxylic acids is 3. The molecule has 33 heavy (non-hydrogen) atoms. The fourth-order valence-corrected chi connectivity index (χ4v) is 5.17. The zero-order valence-electron chi connectivity index (χ0n) is 18.7. The van der Waals surface area contributed by atoms with Crippen molar-refractivity contribution in [3.8, 4) is 0 Å². The molecule has 2 fully saturated rings. The van der Waals surface area contributed by atoms with Gasteiger partial charge in [-0.3, -0.25) is 14.4 Å². The standard InChI is InChI=1S/C23H26ClFN4O3S/c1-12-4-5-13(2)29(12)20(31)15-6-7-16(17(25)10-15)14(3)27-21(32)23(8-9-23)28-19(30)18-11-26-22(24)33-18/h6-7,10-14H,4-5,8-9H2,1-3H3,(H,27,32)(H,28,30)/t12-,13+,14-/m1/s1. The van der Waals surface area contributed by atoms with Crippen molar-refractivity contribution in [2.75, 3.05) is 0 Å². The number of aromatic nitrogens is 1. The number of nitrogens with one attached hydrogen (secondary N) is 2. The molecule has 7 nitrogen and oxygen atoms in total. The zero-order valence-corrected chi connectivity index (χ0v) is 20.2. The number of likely N-dealkylation sites (tertiary alicyclic amines) is 1. The average molecular weight is 493 g/mol. The minimum Gasteiger partial charge on any atom is -0.347 e. The molecule has 1 aromatic heterocycles. The first kappa shape index (κ1) is 23.6. The van der Waals surface area contributed by atoms with Crippen LogP contribution >= 0.6 is 22.9 Å². The van der Waals surface area contributed by atoms with Gasteiger partial charge in [0.15, 0.2) is 4.47 Å². The highest BCUT2D eigenvalue weighted by atomic mass is 35.5. The summed E-state index contributed by atoms with van der Waals surface area (Å²) in [7, 11) is 0. The van der Waals surface area contributed by atoms with Gasteiger partial charge in [-0.25, -0.2) is 9.37 Å². The molecule has 0 bridgehead atoms. The summed E-state index contributed by atoms with van der Waals surface area (Å²) >= 11 is 6.81. The first-order valence-electron chi connectivity index (χ1n) is 11.0. The van der Waals surface area contributed by atoms with Crippen molar-refractivity contribution < 1.29 is 18.8 Å². The van der Waals surface area contributed by atoms with Crippen LogP contribution in [0, 0.1) is 5.82 Å². The summed E-state index contributed by atoms with van der Waals surface area (Å²) in [5.74, 6) is -1.53. The van der Waals surface area contributed by atoms with Crippen LogP contribution in [0.25, 0.3) is 0 Å². The van der Waals surface area contributed by atoms with Gasteiger partial charge in [-0.1, -0.05) is 29.0 Å². The number of hydrogen-bond donors (Lipinski definition) is 2. The maximum absolute atomic E-state index is 14.9. The Labute approximate surface area is 200 Å². The van der Waals surface area contributed by atoms with E-state index in [0.29, 0.717) is 23.3 Å². The number of halogens is 2. The van der Waals surface area contributed by atoms with Gasteiger partial charge >= 0.3 is 0 Å².